The fraction of sp³-hybridized carbons (Fsp3) is 0.522. The lowest BCUT2D eigenvalue weighted by Gasteiger charge is -2.37. The summed E-state index contributed by atoms with van der Waals surface area (Å²) in [7, 11) is 2.15. The van der Waals surface area contributed by atoms with E-state index in [1.807, 2.05) is 19.9 Å². The zero-order chi connectivity index (χ0) is 22.9. The van der Waals surface area contributed by atoms with Gasteiger partial charge in [0.05, 0.1) is 17.9 Å². The molecular formula is C23H31N9O. The van der Waals surface area contributed by atoms with Gasteiger partial charge in [0, 0.05) is 69.6 Å². The smallest absolute Gasteiger partial charge is 0.266 e. The molecule has 0 unspecified atom stereocenters. The van der Waals surface area contributed by atoms with E-state index in [9.17, 15) is 4.79 Å². The van der Waals surface area contributed by atoms with E-state index < -0.39 is 0 Å². The Balaban J connectivity index is 1.22. The van der Waals surface area contributed by atoms with Gasteiger partial charge in [-0.15, -0.1) is 5.10 Å². The fourth-order valence-electron chi connectivity index (χ4n) is 4.73. The minimum atomic E-state index is -0.0874. The van der Waals surface area contributed by atoms with E-state index in [2.05, 4.69) is 41.9 Å². The monoisotopic (exact) mass is 449 g/mol. The molecule has 0 amide bonds. The van der Waals surface area contributed by atoms with Crippen LogP contribution < -0.4 is 10.5 Å². The van der Waals surface area contributed by atoms with E-state index in [1.54, 1.807) is 27.8 Å². The number of fused-ring (bicyclic) bond motifs is 1. The first-order chi connectivity index (χ1) is 16.0. The van der Waals surface area contributed by atoms with E-state index in [4.69, 9.17) is 0 Å². The van der Waals surface area contributed by atoms with Crippen LogP contribution in [0, 0.1) is 13.8 Å². The molecule has 10 nitrogen and oxygen atoms in total. The first-order valence-electron chi connectivity index (χ1n) is 11.6. The van der Waals surface area contributed by atoms with E-state index in [0.29, 0.717) is 12.4 Å². The molecule has 2 aliphatic rings. The van der Waals surface area contributed by atoms with Crippen LogP contribution >= 0.6 is 0 Å². The summed E-state index contributed by atoms with van der Waals surface area (Å²) >= 11 is 0. The van der Waals surface area contributed by atoms with E-state index >= 15 is 0 Å². The summed E-state index contributed by atoms with van der Waals surface area (Å²) in [6.07, 6.45) is 2.69. The van der Waals surface area contributed by atoms with Gasteiger partial charge in [0.1, 0.15) is 12.1 Å². The van der Waals surface area contributed by atoms with Crippen molar-refractivity contribution in [3.05, 3.63) is 57.5 Å². The van der Waals surface area contributed by atoms with Gasteiger partial charge < -0.3 is 9.80 Å². The summed E-state index contributed by atoms with van der Waals surface area (Å²) in [5, 5.41) is 9.05. The highest BCUT2D eigenvalue weighted by Crippen LogP contribution is 2.25. The number of anilines is 1. The first kappa shape index (κ1) is 21.7. The average Bonchev–Trinajstić information content (AvgIpc) is 3.16. The molecule has 0 saturated carbocycles. The Morgan fingerprint density at radius 1 is 0.970 bits per heavy atom. The Morgan fingerprint density at radius 3 is 2.55 bits per heavy atom. The van der Waals surface area contributed by atoms with Gasteiger partial charge in [0.25, 0.3) is 5.56 Å². The predicted molar refractivity (Wildman–Crippen MR) is 126 cm³/mol. The molecular weight excluding hydrogens is 418 g/mol. The normalized spacial score (nSPS) is 17.4. The van der Waals surface area contributed by atoms with Crippen LogP contribution in [-0.4, -0.2) is 85.6 Å². The van der Waals surface area contributed by atoms with Crippen molar-refractivity contribution in [1.29, 1.82) is 0 Å². The molecule has 3 aromatic heterocycles. The number of aromatic nitrogens is 6. The molecule has 0 N–H and O–H groups in total. The topological polar surface area (TPSA) is 88.2 Å². The third-order valence-electron chi connectivity index (χ3n) is 6.55. The SMILES string of the molecule is Cc1cc(C)n(-c2ccc(=O)n(CCN3CCN(c4ncnc5c4CN(C)CC5)CC3)n2)n1. The second-order valence-electron chi connectivity index (χ2n) is 9.03. The van der Waals surface area contributed by atoms with E-state index in [1.165, 1.54) is 11.3 Å². The van der Waals surface area contributed by atoms with Crippen LogP contribution in [0.1, 0.15) is 22.6 Å². The van der Waals surface area contributed by atoms with Crippen LogP contribution in [0.2, 0.25) is 0 Å². The molecule has 10 heteroatoms. The Hall–Kier alpha value is -3.11. The minimum absolute atomic E-state index is 0.0874. The molecule has 0 spiro atoms. The number of hydrogen-bond acceptors (Lipinski definition) is 8. The van der Waals surface area contributed by atoms with Crippen molar-refractivity contribution < 1.29 is 0 Å². The van der Waals surface area contributed by atoms with Gasteiger partial charge in [-0.25, -0.2) is 19.3 Å². The Kier molecular flexibility index (Phi) is 5.94. The largest absolute Gasteiger partial charge is 0.354 e. The van der Waals surface area contributed by atoms with Crippen LogP contribution in [0.5, 0.6) is 0 Å². The summed E-state index contributed by atoms with van der Waals surface area (Å²) in [5.74, 6) is 1.75. The molecule has 3 aromatic rings. The molecule has 1 fully saturated rings. The molecule has 0 aliphatic carbocycles. The number of hydrogen-bond donors (Lipinski definition) is 0. The summed E-state index contributed by atoms with van der Waals surface area (Å²) in [4.78, 5) is 28.6. The molecule has 0 radical (unpaired) electrons. The fourth-order valence-corrected chi connectivity index (χ4v) is 4.73. The molecule has 174 valence electrons. The lowest BCUT2D eigenvalue weighted by Crippen LogP contribution is -2.48. The zero-order valence-corrected chi connectivity index (χ0v) is 19.6. The lowest BCUT2D eigenvalue weighted by atomic mass is 10.1. The summed E-state index contributed by atoms with van der Waals surface area (Å²) in [6.45, 7) is 10.9. The maximum Gasteiger partial charge on any atom is 0.266 e. The van der Waals surface area contributed by atoms with Crippen molar-refractivity contribution in [3.63, 3.8) is 0 Å². The van der Waals surface area contributed by atoms with E-state index in [0.717, 1.165) is 69.4 Å². The first-order valence-corrected chi connectivity index (χ1v) is 11.6. The molecule has 0 atom stereocenters. The van der Waals surface area contributed by atoms with Gasteiger partial charge >= 0.3 is 0 Å². The number of nitrogens with zero attached hydrogens (tertiary/aromatic N) is 9. The third-order valence-corrected chi connectivity index (χ3v) is 6.55. The average molecular weight is 450 g/mol. The molecule has 2 aliphatic heterocycles. The van der Waals surface area contributed by atoms with Crippen LogP contribution in [0.4, 0.5) is 5.82 Å². The number of likely N-dealkylation sites (N-methyl/N-ethyl adjacent to an activating group) is 1. The van der Waals surface area contributed by atoms with Crippen LogP contribution in [0.25, 0.3) is 5.82 Å². The molecule has 33 heavy (non-hydrogen) atoms. The third kappa shape index (κ3) is 4.53. The standard InChI is InChI=1S/C23H31N9O/c1-17-14-18(2)32(26-17)21-4-5-22(33)31(27-21)13-10-29-8-11-30(12-9-29)23-19-15-28(3)7-6-20(19)24-16-25-23/h4-5,14,16H,6-13,15H2,1-3H3. The van der Waals surface area contributed by atoms with Crippen molar-refractivity contribution >= 4 is 5.82 Å². The van der Waals surface area contributed by atoms with Crippen molar-refractivity contribution in [2.24, 2.45) is 0 Å². The van der Waals surface area contributed by atoms with Gasteiger partial charge in [0.15, 0.2) is 5.82 Å². The van der Waals surface area contributed by atoms with Crippen LogP contribution in [-0.2, 0) is 19.5 Å². The number of aryl methyl sites for hydroxylation is 2. The minimum Gasteiger partial charge on any atom is -0.354 e. The van der Waals surface area contributed by atoms with Crippen molar-refractivity contribution in [3.8, 4) is 5.82 Å². The second-order valence-corrected chi connectivity index (χ2v) is 9.03. The van der Waals surface area contributed by atoms with Crippen molar-refractivity contribution in [2.45, 2.75) is 33.4 Å². The summed E-state index contributed by atoms with van der Waals surface area (Å²) in [6, 6.07) is 5.31. The lowest BCUT2D eigenvalue weighted by molar-refractivity contribution is 0.241. The maximum absolute atomic E-state index is 12.4. The Morgan fingerprint density at radius 2 is 1.79 bits per heavy atom. The van der Waals surface area contributed by atoms with Gasteiger partial charge in [0.2, 0.25) is 0 Å². The molecule has 5 heterocycles. The van der Waals surface area contributed by atoms with Gasteiger partial charge in [-0.05, 0) is 33.0 Å². The zero-order valence-electron chi connectivity index (χ0n) is 19.6. The highest BCUT2D eigenvalue weighted by molar-refractivity contribution is 5.49. The second kappa shape index (κ2) is 9.03. The number of rotatable bonds is 5. The molecule has 0 bridgehead atoms. The van der Waals surface area contributed by atoms with E-state index in [-0.39, 0.29) is 5.56 Å². The Bertz CT molecular complexity index is 1190. The van der Waals surface area contributed by atoms with Gasteiger partial charge in [-0.2, -0.15) is 5.10 Å². The van der Waals surface area contributed by atoms with Crippen LogP contribution in [0.3, 0.4) is 0 Å². The highest BCUT2D eigenvalue weighted by atomic mass is 16.1. The highest BCUT2D eigenvalue weighted by Gasteiger charge is 2.25. The van der Waals surface area contributed by atoms with Gasteiger partial charge in [-0.3, -0.25) is 9.69 Å². The molecule has 0 aromatic carbocycles. The predicted octanol–water partition coefficient (Wildman–Crippen LogP) is 0.646. The Labute approximate surface area is 193 Å². The van der Waals surface area contributed by atoms with Crippen LogP contribution in [0.15, 0.2) is 29.3 Å². The summed E-state index contributed by atoms with van der Waals surface area (Å²) in [5.41, 5.74) is 4.31. The van der Waals surface area contributed by atoms with Gasteiger partial charge in [-0.1, -0.05) is 0 Å². The summed E-state index contributed by atoms with van der Waals surface area (Å²) < 4.78 is 3.33. The maximum atomic E-state index is 12.4. The van der Waals surface area contributed by atoms with Crippen molar-refractivity contribution in [1.82, 2.24) is 39.3 Å². The van der Waals surface area contributed by atoms with Crippen molar-refractivity contribution in [2.75, 3.05) is 51.2 Å². The number of piperazine rings is 1. The molecule has 5 rings (SSSR count). The quantitative estimate of drug-likeness (QED) is 0.561. The molecule has 1 saturated heterocycles.